The van der Waals surface area contributed by atoms with E-state index in [4.69, 9.17) is 0 Å². The van der Waals surface area contributed by atoms with Crippen molar-refractivity contribution in [3.8, 4) is 6.07 Å². The summed E-state index contributed by atoms with van der Waals surface area (Å²) in [4.78, 5) is 31.7. The second-order valence-electron chi connectivity index (χ2n) is 7.17. The van der Waals surface area contributed by atoms with E-state index in [0.29, 0.717) is 15.7 Å². The van der Waals surface area contributed by atoms with Crippen LogP contribution in [-0.4, -0.2) is 30.9 Å². The van der Waals surface area contributed by atoms with Crippen molar-refractivity contribution in [3.05, 3.63) is 93.7 Å². The molecule has 0 radical (unpaired) electrons. The van der Waals surface area contributed by atoms with E-state index in [-0.39, 0.29) is 22.5 Å². The summed E-state index contributed by atoms with van der Waals surface area (Å²) in [5.74, 6) is -1.00. The molecule has 0 spiro atoms. The van der Waals surface area contributed by atoms with Gasteiger partial charge in [0.1, 0.15) is 11.9 Å². The first kappa shape index (κ1) is 22.2. The van der Waals surface area contributed by atoms with Crippen LogP contribution in [0.2, 0.25) is 0 Å². The summed E-state index contributed by atoms with van der Waals surface area (Å²) in [5, 5.41) is 14.4. The number of hydrogen-bond acceptors (Lipinski definition) is 4. The van der Waals surface area contributed by atoms with Crippen LogP contribution < -0.4 is 15.5 Å². The number of rotatable bonds is 3. The fraction of sp³-hybridized carbons (Fsp3) is 0.0833. The number of para-hydroxylation sites is 1. The molecule has 164 valence electrons. The Labute approximate surface area is 197 Å². The molecule has 3 aromatic rings. The second-order valence-corrected chi connectivity index (χ2v) is 8.09. The zero-order chi connectivity index (χ0) is 23.5. The van der Waals surface area contributed by atoms with Crippen LogP contribution in [0, 0.1) is 17.1 Å². The molecule has 2 N–H and O–H groups in total. The molecule has 0 fully saturated rings. The Hall–Kier alpha value is -4.03. The van der Waals surface area contributed by atoms with Gasteiger partial charge in [0.2, 0.25) is 6.17 Å². The number of nitrogens with one attached hydrogen (secondary N) is 2. The van der Waals surface area contributed by atoms with Gasteiger partial charge in [-0.15, -0.1) is 0 Å². The van der Waals surface area contributed by atoms with Gasteiger partial charge in [-0.05, 0) is 36.4 Å². The van der Waals surface area contributed by atoms with E-state index < -0.39 is 23.9 Å². The van der Waals surface area contributed by atoms with E-state index in [9.17, 15) is 19.2 Å². The van der Waals surface area contributed by atoms with Gasteiger partial charge in [0.25, 0.3) is 5.91 Å². The number of anilines is 2. The van der Waals surface area contributed by atoms with Crippen LogP contribution in [0.5, 0.6) is 0 Å². The van der Waals surface area contributed by atoms with E-state index in [0.717, 1.165) is 0 Å². The predicted octanol–water partition coefficient (Wildman–Crippen LogP) is 4.42. The third kappa shape index (κ3) is 4.47. The van der Waals surface area contributed by atoms with Crippen molar-refractivity contribution in [2.75, 3.05) is 17.3 Å². The van der Waals surface area contributed by atoms with Crippen molar-refractivity contribution < 1.29 is 14.0 Å². The molecule has 4 rings (SSSR count). The Balaban J connectivity index is 1.72. The molecule has 3 amide bonds. The lowest BCUT2D eigenvalue weighted by Gasteiger charge is -2.21. The van der Waals surface area contributed by atoms with Gasteiger partial charge in [-0.3, -0.25) is 4.79 Å². The maximum Gasteiger partial charge on any atom is 0.321 e. The molecule has 7 nitrogen and oxygen atoms in total. The molecule has 33 heavy (non-hydrogen) atoms. The van der Waals surface area contributed by atoms with Crippen molar-refractivity contribution in [3.63, 3.8) is 0 Å². The summed E-state index contributed by atoms with van der Waals surface area (Å²) in [5.41, 5.74) is 2.06. The lowest BCUT2D eigenvalue weighted by atomic mass is 10.00. The van der Waals surface area contributed by atoms with Gasteiger partial charge in [-0.25, -0.2) is 14.2 Å². The summed E-state index contributed by atoms with van der Waals surface area (Å²) < 4.78 is 15.3. The van der Waals surface area contributed by atoms with Gasteiger partial charge in [0.05, 0.1) is 22.6 Å². The fourth-order valence-electron chi connectivity index (χ4n) is 3.48. The van der Waals surface area contributed by atoms with Crippen LogP contribution in [0.1, 0.15) is 16.7 Å². The van der Waals surface area contributed by atoms with Crippen LogP contribution in [0.25, 0.3) is 0 Å². The highest BCUT2D eigenvalue weighted by Crippen LogP contribution is 2.28. The van der Waals surface area contributed by atoms with Crippen LogP contribution in [0.15, 0.2) is 76.2 Å². The lowest BCUT2D eigenvalue weighted by molar-refractivity contribution is -0.119. The monoisotopic (exact) mass is 505 g/mol. The number of nitriles is 1. The van der Waals surface area contributed by atoms with E-state index in [1.54, 1.807) is 67.7 Å². The first-order valence-electron chi connectivity index (χ1n) is 9.86. The SMILES string of the molecule is CN1C(=O)C(NC(=O)Nc2cc(Br)ccc2C#N)N=C(c2ccccc2F)c2ccccc21. The molecule has 3 aromatic carbocycles. The van der Waals surface area contributed by atoms with Gasteiger partial charge in [0, 0.05) is 22.6 Å². The number of urea groups is 1. The molecule has 0 aliphatic carbocycles. The number of carbonyl (C=O) groups excluding carboxylic acids is 2. The Morgan fingerprint density at radius 2 is 1.82 bits per heavy atom. The van der Waals surface area contributed by atoms with E-state index >= 15 is 0 Å². The highest BCUT2D eigenvalue weighted by molar-refractivity contribution is 9.10. The summed E-state index contributed by atoms with van der Waals surface area (Å²) in [6, 6.07) is 19.2. The second kappa shape index (κ2) is 9.22. The molecule has 0 saturated carbocycles. The normalized spacial score (nSPS) is 15.1. The minimum Gasteiger partial charge on any atom is -0.311 e. The zero-order valence-electron chi connectivity index (χ0n) is 17.3. The largest absolute Gasteiger partial charge is 0.321 e. The zero-order valence-corrected chi connectivity index (χ0v) is 18.9. The number of hydrogen-bond donors (Lipinski definition) is 2. The number of halogens is 2. The van der Waals surface area contributed by atoms with Gasteiger partial charge in [-0.2, -0.15) is 5.26 Å². The lowest BCUT2D eigenvalue weighted by Crippen LogP contribution is -2.47. The molecule has 1 aliphatic rings. The Morgan fingerprint density at radius 1 is 1.12 bits per heavy atom. The smallest absolute Gasteiger partial charge is 0.311 e. The minimum atomic E-state index is -1.32. The number of amides is 3. The minimum absolute atomic E-state index is 0.207. The molecule has 1 heterocycles. The third-order valence-corrected chi connectivity index (χ3v) is 5.58. The number of aliphatic imine (C=N–C) groups is 1. The van der Waals surface area contributed by atoms with Crippen LogP contribution in [0.4, 0.5) is 20.6 Å². The number of fused-ring (bicyclic) bond motifs is 1. The number of benzodiazepines with no additional fused rings is 1. The summed E-state index contributed by atoms with van der Waals surface area (Å²) in [6.07, 6.45) is -1.32. The van der Waals surface area contributed by atoms with E-state index in [2.05, 4.69) is 31.6 Å². The van der Waals surface area contributed by atoms with Gasteiger partial charge < -0.3 is 15.5 Å². The molecule has 0 saturated heterocycles. The summed E-state index contributed by atoms with van der Waals surface area (Å²) in [7, 11) is 1.57. The molecule has 0 aromatic heterocycles. The highest BCUT2D eigenvalue weighted by Gasteiger charge is 2.31. The number of benzene rings is 3. The Morgan fingerprint density at radius 3 is 2.55 bits per heavy atom. The highest BCUT2D eigenvalue weighted by atomic mass is 79.9. The molecular weight excluding hydrogens is 489 g/mol. The first-order valence-corrected chi connectivity index (χ1v) is 10.6. The van der Waals surface area contributed by atoms with Crippen molar-refractivity contribution in [1.82, 2.24) is 5.32 Å². The predicted molar refractivity (Wildman–Crippen MR) is 127 cm³/mol. The van der Waals surface area contributed by atoms with Gasteiger partial charge >= 0.3 is 6.03 Å². The Bertz CT molecular complexity index is 1330. The Kier molecular flexibility index (Phi) is 6.20. The van der Waals surface area contributed by atoms with Crippen LogP contribution in [0.3, 0.4) is 0 Å². The van der Waals surface area contributed by atoms with Crippen LogP contribution in [-0.2, 0) is 4.79 Å². The quantitative estimate of drug-likeness (QED) is 0.551. The molecule has 1 atom stereocenters. The molecule has 0 bridgehead atoms. The topological polar surface area (TPSA) is 97.6 Å². The third-order valence-electron chi connectivity index (χ3n) is 5.09. The van der Waals surface area contributed by atoms with Gasteiger partial charge in [-0.1, -0.05) is 46.3 Å². The van der Waals surface area contributed by atoms with Crippen molar-refractivity contribution in [2.24, 2.45) is 4.99 Å². The van der Waals surface area contributed by atoms with Gasteiger partial charge in [0.15, 0.2) is 0 Å². The number of carbonyl (C=O) groups is 2. The molecule has 1 aliphatic heterocycles. The maximum atomic E-state index is 14.7. The number of nitrogens with zero attached hydrogens (tertiary/aromatic N) is 3. The van der Waals surface area contributed by atoms with Crippen molar-refractivity contribution in [2.45, 2.75) is 6.17 Å². The number of likely N-dealkylation sites (N-methyl/N-ethyl adjacent to an activating group) is 1. The summed E-state index contributed by atoms with van der Waals surface area (Å²) >= 11 is 3.30. The first-order chi connectivity index (χ1) is 15.9. The standard InChI is InChI=1S/C24H17BrFN5O2/c1-31-20-9-5-3-7-17(20)21(16-6-2-4-8-18(16)26)29-22(23(31)32)30-24(33)28-19-12-15(25)11-10-14(19)13-27/h2-12,22H,1H3,(H2,28,30,33). The molecule has 9 heteroatoms. The van der Waals surface area contributed by atoms with Crippen molar-refractivity contribution >= 4 is 45.0 Å². The summed E-state index contributed by atoms with van der Waals surface area (Å²) in [6.45, 7) is 0. The fourth-order valence-corrected chi connectivity index (χ4v) is 3.85. The average Bonchev–Trinajstić information content (AvgIpc) is 2.90. The molecular formula is C24H17BrFN5O2. The average molecular weight is 506 g/mol. The van der Waals surface area contributed by atoms with Crippen LogP contribution >= 0.6 is 15.9 Å². The maximum absolute atomic E-state index is 14.7. The molecule has 1 unspecified atom stereocenters. The van der Waals surface area contributed by atoms with E-state index in [1.807, 2.05) is 6.07 Å². The van der Waals surface area contributed by atoms with E-state index in [1.165, 1.54) is 11.0 Å². The van der Waals surface area contributed by atoms with Crippen molar-refractivity contribution in [1.29, 1.82) is 5.26 Å².